The molecule has 2 aliphatic heterocycles. The van der Waals surface area contributed by atoms with E-state index in [1.165, 1.54) is 0 Å². The number of piperazine rings is 1. The van der Waals surface area contributed by atoms with Crippen LogP contribution in [0.3, 0.4) is 0 Å². The fraction of sp³-hybridized carbons (Fsp3) is 0.526. The molecule has 26 heavy (non-hydrogen) atoms. The van der Waals surface area contributed by atoms with Crippen LogP contribution in [0.2, 0.25) is 0 Å². The van der Waals surface area contributed by atoms with Crippen molar-refractivity contribution in [3.63, 3.8) is 0 Å². The van der Waals surface area contributed by atoms with E-state index in [1.807, 2.05) is 30.3 Å². The predicted molar refractivity (Wildman–Crippen MR) is 95.1 cm³/mol. The Morgan fingerprint density at radius 3 is 2.54 bits per heavy atom. The van der Waals surface area contributed by atoms with Crippen LogP contribution in [0.25, 0.3) is 0 Å². The summed E-state index contributed by atoms with van der Waals surface area (Å²) < 4.78 is 0. The number of hydrogen-bond donors (Lipinski definition) is 0. The van der Waals surface area contributed by atoms with Gasteiger partial charge in [-0.15, -0.1) is 0 Å². The summed E-state index contributed by atoms with van der Waals surface area (Å²) in [5.41, 5.74) is 1.04. The summed E-state index contributed by atoms with van der Waals surface area (Å²) in [6.07, 6.45) is 1.92. The van der Waals surface area contributed by atoms with Gasteiger partial charge >= 0.3 is 17.8 Å². The molecule has 138 valence electrons. The molecular formula is C19H24N4O3. The fourth-order valence-electron chi connectivity index (χ4n) is 3.85. The van der Waals surface area contributed by atoms with E-state index in [-0.39, 0.29) is 18.1 Å². The number of fused-ring (bicyclic) bond motifs is 1. The Balaban J connectivity index is 1.43. The normalized spacial score (nSPS) is 22.4. The molecule has 1 unspecified atom stereocenters. The van der Waals surface area contributed by atoms with Gasteiger partial charge in [-0.2, -0.15) is 0 Å². The molecule has 0 bridgehead atoms. The average Bonchev–Trinajstić information content (AvgIpc) is 3.46. The maximum Gasteiger partial charge on any atom is 0.320 e. The van der Waals surface area contributed by atoms with E-state index in [0.29, 0.717) is 32.7 Å². The topological polar surface area (TPSA) is 64.2 Å². The minimum atomic E-state index is -0.436. The van der Waals surface area contributed by atoms with Gasteiger partial charge in [-0.3, -0.25) is 9.59 Å². The van der Waals surface area contributed by atoms with Crippen molar-refractivity contribution >= 4 is 17.8 Å². The minimum Gasteiger partial charge on any atom is -0.331 e. The molecule has 4 rings (SSSR count). The summed E-state index contributed by atoms with van der Waals surface area (Å²) >= 11 is 0. The third kappa shape index (κ3) is 3.13. The Labute approximate surface area is 153 Å². The highest BCUT2D eigenvalue weighted by molar-refractivity contribution is 6.35. The van der Waals surface area contributed by atoms with Crippen LogP contribution >= 0.6 is 0 Å². The van der Waals surface area contributed by atoms with Gasteiger partial charge in [0, 0.05) is 45.8 Å². The van der Waals surface area contributed by atoms with Crippen molar-refractivity contribution < 1.29 is 14.4 Å². The van der Waals surface area contributed by atoms with Crippen molar-refractivity contribution in [1.29, 1.82) is 0 Å². The second-order valence-electron chi connectivity index (χ2n) is 7.41. The Morgan fingerprint density at radius 1 is 1.12 bits per heavy atom. The lowest BCUT2D eigenvalue weighted by atomic mass is 10.1. The van der Waals surface area contributed by atoms with Gasteiger partial charge < -0.3 is 19.6 Å². The molecule has 0 N–H and O–H groups in total. The molecule has 3 fully saturated rings. The van der Waals surface area contributed by atoms with Crippen molar-refractivity contribution in [2.45, 2.75) is 31.5 Å². The van der Waals surface area contributed by atoms with Gasteiger partial charge in [0.2, 0.25) is 0 Å². The number of hydrogen-bond acceptors (Lipinski definition) is 3. The van der Waals surface area contributed by atoms with Gasteiger partial charge in [0.05, 0.1) is 6.04 Å². The number of carbonyl (C=O) groups is 3. The predicted octanol–water partition coefficient (Wildman–Crippen LogP) is 0.756. The van der Waals surface area contributed by atoms with Gasteiger partial charge in [-0.1, -0.05) is 30.3 Å². The van der Waals surface area contributed by atoms with Gasteiger partial charge in [-0.25, -0.2) is 4.79 Å². The quantitative estimate of drug-likeness (QED) is 0.751. The van der Waals surface area contributed by atoms with Crippen LogP contribution < -0.4 is 0 Å². The summed E-state index contributed by atoms with van der Waals surface area (Å²) in [5, 5.41) is 0. The van der Waals surface area contributed by atoms with E-state index < -0.39 is 11.8 Å². The molecule has 1 aromatic rings. The number of amides is 4. The van der Waals surface area contributed by atoms with E-state index in [9.17, 15) is 14.4 Å². The van der Waals surface area contributed by atoms with Crippen molar-refractivity contribution in [2.24, 2.45) is 0 Å². The number of nitrogens with zero attached hydrogens (tertiary/aromatic N) is 4. The third-order valence-electron chi connectivity index (χ3n) is 5.45. The first-order valence-corrected chi connectivity index (χ1v) is 9.20. The summed E-state index contributed by atoms with van der Waals surface area (Å²) in [6.45, 7) is 2.43. The summed E-state index contributed by atoms with van der Waals surface area (Å²) in [4.78, 5) is 44.6. The highest BCUT2D eigenvalue weighted by atomic mass is 16.2. The number of carbonyl (C=O) groups excluding carboxylic acids is 3. The monoisotopic (exact) mass is 356 g/mol. The van der Waals surface area contributed by atoms with E-state index in [2.05, 4.69) is 0 Å². The van der Waals surface area contributed by atoms with Crippen LogP contribution in [0.5, 0.6) is 0 Å². The van der Waals surface area contributed by atoms with E-state index >= 15 is 0 Å². The number of urea groups is 1. The highest BCUT2D eigenvalue weighted by Crippen LogP contribution is 2.29. The molecule has 0 aromatic heterocycles. The lowest BCUT2D eigenvalue weighted by molar-refractivity contribution is -0.153. The second kappa shape index (κ2) is 6.63. The highest BCUT2D eigenvalue weighted by Gasteiger charge is 2.43. The van der Waals surface area contributed by atoms with Crippen LogP contribution in [0.4, 0.5) is 4.79 Å². The molecule has 0 radical (unpaired) electrons. The third-order valence-corrected chi connectivity index (χ3v) is 5.45. The molecule has 2 heterocycles. The SMILES string of the molecule is CN1CC2CN(C(=O)C(=O)N(Cc3ccccc3)C3CC3)CCN2C1=O. The molecule has 1 atom stereocenters. The average molecular weight is 356 g/mol. The molecule has 1 aliphatic carbocycles. The van der Waals surface area contributed by atoms with Crippen molar-refractivity contribution in [3.05, 3.63) is 35.9 Å². The first-order valence-electron chi connectivity index (χ1n) is 9.20. The number of likely N-dealkylation sites (N-methyl/N-ethyl adjacent to an activating group) is 1. The van der Waals surface area contributed by atoms with Crippen LogP contribution in [0.1, 0.15) is 18.4 Å². The van der Waals surface area contributed by atoms with E-state index in [4.69, 9.17) is 0 Å². The van der Waals surface area contributed by atoms with Gasteiger partial charge in [0.15, 0.2) is 0 Å². The molecule has 3 aliphatic rings. The number of benzene rings is 1. The maximum absolute atomic E-state index is 12.9. The molecule has 4 amide bonds. The smallest absolute Gasteiger partial charge is 0.320 e. The lowest BCUT2D eigenvalue weighted by Crippen LogP contribution is -2.57. The molecular weight excluding hydrogens is 332 g/mol. The minimum absolute atomic E-state index is 0.0112. The molecule has 7 heteroatoms. The van der Waals surface area contributed by atoms with Crippen LogP contribution in [-0.2, 0) is 16.1 Å². The van der Waals surface area contributed by atoms with E-state index in [0.717, 1.165) is 18.4 Å². The van der Waals surface area contributed by atoms with Crippen molar-refractivity contribution in [1.82, 2.24) is 19.6 Å². The molecule has 1 aromatic carbocycles. The first kappa shape index (κ1) is 16.9. The Morgan fingerprint density at radius 2 is 1.85 bits per heavy atom. The maximum atomic E-state index is 12.9. The zero-order valence-corrected chi connectivity index (χ0v) is 15.0. The largest absolute Gasteiger partial charge is 0.331 e. The van der Waals surface area contributed by atoms with Crippen molar-refractivity contribution in [3.8, 4) is 0 Å². The van der Waals surface area contributed by atoms with Crippen LogP contribution in [0, 0.1) is 0 Å². The number of rotatable bonds is 3. The molecule has 1 saturated carbocycles. The van der Waals surface area contributed by atoms with Crippen molar-refractivity contribution in [2.75, 3.05) is 33.2 Å². The molecule has 0 spiro atoms. The molecule has 7 nitrogen and oxygen atoms in total. The second-order valence-corrected chi connectivity index (χ2v) is 7.41. The first-order chi connectivity index (χ1) is 12.5. The molecule has 2 saturated heterocycles. The lowest BCUT2D eigenvalue weighted by Gasteiger charge is -2.36. The van der Waals surface area contributed by atoms with Gasteiger partial charge in [-0.05, 0) is 18.4 Å². The zero-order chi connectivity index (χ0) is 18.3. The summed E-state index contributed by atoms with van der Waals surface area (Å²) in [5.74, 6) is -0.850. The summed E-state index contributed by atoms with van der Waals surface area (Å²) in [6, 6.07) is 9.96. The Hall–Kier alpha value is -2.57. The summed E-state index contributed by atoms with van der Waals surface area (Å²) in [7, 11) is 1.77. The van der Waals surface area contributed by atoms with E-state index in [1.54, 1.807) is 26.6 Å². The van der Waals surface area contributed by atoms with Crippen LogP contribution in [-0.4, -0.2) is 82.8 Å². The zero-order valence-electron chi connectivity index (χ0n) is 15.0. The Kier molecular flexibility index (Phi) is 4.30. The van der Waals surface area contributed by atoms with Gasteiger partial charge in [0.1, 0.15) is 0 Å². The standard InChI is InChI=1S/C19H24N4O3/c1-20-12-16-13-21(9-10-22(16)19(20)26)17(24)18(25)23(15-7-8-15)11-14-5-3-2-4-6-14/h2-6,15-16H,7-13H2,1H3. The Bertz CT molecular complexity index is 719. The van der Waals surface area contributed by atoms with Gasteiger partial charge in [0.25, 0.3) is 0 Å². The fourth-order valence-corrected chi connectivity index (χ4v) is 3.85. The van der Waals surface area contributed by atoms with Crippen LogP contribution in [0.15, 0.2) is 30.3 Å².